The molecule has 2 aromatic heterocycles. The van der Waals surface area contributed by atoms with E-state index in [1.165, 1.54) is 16.6 Å². The Balaban J connectivity index is 1.35. The number of thiazole rings is 1. The van der Waals surface area contributed by atoms with Gasteiger partial charge in [-0.05, 0) is 48.9 Å². The van der Waals surface area contributed by atoms with Gasteiger partial charge in [-0.2, -0.15) is 13.2 Å². The van der Waals surface area contributed by atoms with Crippen molar-refractivity contribution in [2.75, 3.05) is 30.0 Å². The molecule has 2 aromatic carbocycles. The van der Waals surface area contributed by atoms with Crippen LogP contribution in [0.2, 0.25) is 0 Å². The number of amides is 1. The number of anilines is 2. The van der Waals surface area contributed by atoms with E-state index >= 15 is 0 Å². The molecule has 0 unspecified atom stereocenters. The smallest absolute Gasteiger partial charge is 0.408 e. The molecule has 4 aromatic rings. The number of fused-ring (bicyclic) bond motifs is 1. The van der Waals surface area contributed by atoms with Crippen LogP contribution in [0.4, 0.5) is 24.3 Å². The fourth-order valence-corrected chi connectivity index (χ4v) is 6.80. The zero-order valence-corrected chi connectivity index (χ0v) is 24.3. The first kappa shape index (κ1) is 29.0. The van der Waals surface area contributed by atoms with Gasteiger partial charge in [-0.3, -0.25) is 14.2 Å². The van der Waals surface area contributed by atoms with Crippen LogP contribution in [-0.2, 0) is 17.9 Å². The minimum atomic E-state index is -4.47. The number of aromatic nitrogens is 3. The van der Waals surface area contributed by atoms with E-state index in [4.69, 9.17) is 4.74 Å². The van der Waals surface area contributed by atoms with Crippen molar-refractivity contribution in [3.63, 3.8) is 0 Å². The number of methoxy groups -OCH3 is 1. The number of ether oxygens (including phenoxy) is 1. The largest absolute Gasteiger partial charge is 0.497 e. The van der Waals surface area contributed by atoms with Crippen molar-refractivity contribution in [3.05, 3.63) is 76.1 Å². The van der Waals surface area contributed by atoms with E-state index in [0.717, 1.165) is 23.3 Å². The Bertz CT molecular complexity index is 1660. The second kappa shape index (κ2) is 11.9. The zero-order chi connectivity index (χ0) is 30.1. The third-order valence-electron chi connectivity index (χ3n) is 7.99. The van der Waals surface area contributed by atoms with E-state index in [-0.39, 0.29) is 41.7 Å². The summed E-state index contributed by atoms with van der Waals surface area (Å²) in [7, 11) is 1.54. The molecule has 0 saturated carbocycles. The van der Waals surface area contributed by atoms with Gasteiger partial charge in [-0.1, -0.05) is 53.8 Å². The normalized spacial score (nSPS) is 18.9. The fourth-order valence-electron chi connectivity index (χ4n) is 5.80. The molecule has 1 N–H and O–H groups in total. The second-order valence-corrected chi connectivity index (χ2v) is 11.7. The Kier molecular flexibility index (Phi) is 7.99. The first-order valence-electron chi connectivity index (χ1n) is 14.2. The number of halogens is 3. The molecule has 4 heterocycles. The highest BCUT2D eigenvalue weighted by Gasteiger charge is 2.47. The number of carbonyl (C=O) groups excluding carboxylic acids is 1. The highest BCUT2D eigenvalue weighted by molar-refractivity contribution is 7.21. The Morgan fingerprint density at radius 3 is 2.44 bits per heavy atom. The summed E-state index contributed by atoms with van der Waals surface area (Å²) in [6.07, 6.45) is -2.81. The quantitative estimate of drug-likeness (QED) is 0.308. The van der Waals surface area contributed by atoms with Crippen LogP contribution < -0.4 is 25.4 Å². The van der Waals surface area contributed by atoms with E-state index < -0.39 is 23.8 Å². The van der Waals surface area contributed by atoms with Crippen molar-refractivity contribution < 1.29 is 22.7 Å². The van der Waals surface area contributed by atoms with Gasteiger partial charge in [0, 0.05) is 19.6 Å². The molecule has 13 heteroatoms. The molecule has 0 spiro atoms. The molecule has 9 nitrogen and oxygen atoms in total. The summed E-state index contributed by atoms with van der Waals surface area (Å²) in [6.45, 7) is 1.11. The van der Waals surface area contributed by atoms with Gasteiger partial charge in [0.25, 0.3) is 5.56 Å². The van der Waals surface area contributed by atoms with Crippen molar-refractivity contribution >= 4 is 38.7 Å². The number of rotatable bonds is 8. The van der Waals surface area contributed by atoms with Crippen LogP contribution in [0.15, 0.2) is 59.4 Å². The van der Waals surface area contributed by atoms with Crippen molar-refractivity contribution in [2.45, 2.75) is 57.0 Å². The maximum atomic E-state index is 14.0. The number of carbonyl (C=O) groups is 1. The van der Waals surface area contributed by atoms with Crippen LogP contribution in [-0.4, -0.2) is 58.9 Å². The molecule has 2 aliphatic rings. The van der Waals surface area contributed by atoms with Gasteiger partial charge in [0.1, 0.15) is 17.8 Å². The minimum absolute atomic E-state index is 0.0171. The Morgan fingerprint density at radius 2 is 1.72 bits per heavy atom. The zero-order valence-electron chi connectivity index (χ0n) is 23.5. The maximum absolute atomic E-state index is 14.0. The Hall–Kier alpha value is -4.13. The van der Waals surface area contributed by atoms with Gasteiger partial charge in [0.15, 0.2) is 15.5 Å². The summed E-state index contributed by atoms with van der Waals surface area (Å²) in [6, 6.07) is 14.4. The lowest BCUT2D eigenvalue weighted by atomic mass is 10.2. The standard InChI is InChI=1S/C30H31F3N6O3S/c1-42-21-13-11-20(12-14-21)18-39-27(41)24-26(36-28(39)38-16-6-10-23(38)30(31,32)33)43-29(35-24)37-15-5-9-22(37)25(40)34-17-19-7-3-2-4-8-19/h2-4,7-8,11-14,22-23H,5-6,9-10,15-18H2,1H3,(H,34,40)/t22-,23-/m1/s1. The summed E-state index contributed by atoms with van der Waals surface area (Å²) in [4.78, 5) is 39.7. The third-order valence-corrected chi connectivity index (χ3v) is 8.97. The average molecular weight is 613 g/mol. The van der Waals surface area contributed by atoms with Gasteiger partial charge < -0.3 is 19.9 Å². The summed E-state index contributed by atoms with van der Waals surface area (Å²) in [5.41, 5.74) is 1.25. The van der Waals surface area contributed by atoms with Gasteiger partial charge in [0.2, 0.25) is 11.9 Å². The van der Waals surface area contributed by atoms with E-state index in [1.807, 2.05) is 35.2 Å². The van der Waals surface area contributed by atoms with E-state index in [9.17, 15) is 22.8 Å². The summed E-state index contributed by atoms with van der Waals surface area (Å²) < 4.78 is 48.6. The first-order chi connectivity index (χ1) is 20.7. The van der Waals surface area contributed by atoms with Crippen molar-refractivity contribution in [1.29, 1.82) is 0 Å². The molecule has 2 saturated heterocycles. The number of benzene rings is 2. The van der Waals surface area contributed by atoms with Crippen LogP contribution in [0.5, 0.6) is 5.75 Å². The second-order valence-electron chi connectivity index (χ2n) is 10.7. The number of nitrogens with one attached hydrogen (secondary N) is 1. The predicted octanol–water partition coefficient (Wildman–Crippen LogP) is 4.73. The lowest BCUT2D eigenvalue weighted by Gasteiger charge is -2.29. The van der Waals surface area contributed by atoms with Crippen LogP contribution in [0, 0.1) is 0 Å². The Morgan fingerprint density at radius 1 is 1.00 bits per heavy atom. The molecule has 0 aliphatic carbocycles. The van der Waals surface area contributed by atoms with E-state index in [0.29, 0.717) is 42.4 Å². The van der Waals surface area contributed by atoms with E-state index in [1.54, 1.807) is 24.3 Å². The number of hydrogen-bond acceptors (Lipinski definition) is 8. The van der Waals surface area contributed by atoms with Gasteiger partial charge in [-0.15, -0.1) is 0 Å². The Labute approximate surface area is 249 Å². The number of alkyl halides is 3. The number of hydrogen-bond donors (Lipinski definition) is 1. The van der Waals surface area contributed by atoms with Crippen molar-refractivity contribution in [3.8, 4) is 5.75 Å². The van der Waals surface area contributed by atoms with Crippen molar-refractivity contribution in [2.24, 2.45) is 0 Å². The summed E-state index contributed by atoms with van der Waals surface area (Å²) >= 11 is 1.13. The van der Waals surface area contributed by atoms with Crippen LogP contribution in [0.3, 0.4) is 0 Å². The molecule has 6 rings (SSSR count). The molecular formula is C30H31F3N6O3S. The average Bonchev–Trinajstić information content (AvgIpc) is 3.77. The van der Waals surface area contributed by atoms with Crippen LogP contribution in [0.25, 0.3) is 10.3 Å². The lowest BCUT2D eigenvalue weighted by Crippen LogP contribution is -2.44. The van der Waals surface area contributed by atoms with Crippen LogP contribution in [0.1, 0.15) is 36.8 Å². The molecule has 2 aliphatic heterocycles. The van der Waals surface area contributed by atoms with Gasteiger partial charge >= 0.3 is 6.18 Å². The summed E-state index contributed by atoms with van der Waals surface area (Å²) in [5, 5.41) is 3.45. The third kappa shape index (κ3) is 5.90. The predicted molar refractivity (Wildman–Crippen MR) is 159 cm³/mol. The molecular weight excluding hydrogens is 581 g/mol. The first-order valence-corrected chi connectivity index (χ1v) is 15.0. The minimum Gasteiger partial charge on any atom is -0.497 e. The molecule has 226 valence electrons. The molecule has 43 heavy (non-hydrogen) atoms. The van der Waals surface area contributed by atoms with Gasteiger partial charge in [-0.25, -0.2) is 9.97 Å². The molecule has 2 atom stereocenters. The fraction of sp³-hybridized carbons (Fsp3) is 0.400. The molecule has 2 fully saturated rings. The van der Waals surface area contributed by atoms with E-state index in [2.05, 4.69) is 15.3 Å². The topological polar surface area (TPSA) is 92.6 Å². The highest BCUT2D eigenvalue weighted by atomic mass is 32.1. The highest BCUT2D eigenvalue weighted by Crippen LogP contribution is 2.37. The molecule has 1 amide bonds. The molecule has 0 bridgehead atoms. The number of nitrogens with zero attached hydrogens (tertiary/aromatic N) is 5. The maximum Gasteiger partial charge on any atom is 0.408 e. The lowest BCUT2D eigenvalue weighted by molar-refractivity contribution is -0.146. The van der Waals surface area contributed by atoms with Crippen molar-refractivity contribution in [1.82, 2.24) is 19.9 Å². The SMILES string of the molecule is COc1ccc(Cn2c(N3CCC[C@@H]3C(F)(F)F)nc3sc(N4CCC[C@@H]4C(=O)NCc4ccccc4)nc3c2=O)cc1. The molecule has 0 radical (unpaired) electrons. The monoisotopic (exact) mass is 612 g/mol. The van der Waals surface area contributed by atoms with Gasteiger partial charge in [0.05, 0.1) is 13.7 Å². The van der Waals surface area contributed by atoms with Crippen LogP contribution >= 0.6 is 11.3 Å². The summed E-state index contributed by atoms with van der Waals surface area (Å²) in [5.74, 6) is 0.455.